The molecule has 0 fully saturated rings. The van der Waals surface area contributed by atoms with Gasteiger partial charge in [-0.15, -0.1) is 0 Å². The van der Waals surface area contributed by atoms with Gasteiger partial charge in [0.25, 0.3) is 10.1 Å². The van der Waals surface area contributed by atoms with E-state index in [9.17, 15) is 30.9 Å². The zero-order chi connectivity index (χ0) is 27.0. The standard InChI is InChI=1S/C26H24F3N3O4S/c1-15(2)14-30-22-12-24-23(11-20(22)26(27,28)29)32-25(33)13-21(31-24)18-5-3-4-17(10-18)16-6-8-19(9-7-16)37(34,35)36/h3-12,15,30H,13-14H2,1-2H3,(H,32,33)(H,34,35,36). The van der Waals surface area contributed by atoms with Gasteiger partial charge in [0.15, 0.2) is 0 Å². The molecule has 1 aliphatic heterocycles. The summed E-state index contributed by atoms with van der Waals surface area (Å²) < 4.78 is 73.0. The number of rotatable bonds is 6. The Hall–Kier alpha value is -3.70. The van der Waals surface area contributed by atoms with E-state index in [0.717, 1.165) is 6.07 Å². The van der Waals surface area contributed by atoms with E-state index in [1.807, 2.05) is 13.8 Å². The molecule has 1 amide bonds. The van der Waals surface area contributed by atoms with E-state index in [1.165, 1.54) is 30.3 Å². The van der Waals surface area contributed by atoms with Gasteiger partial charge in [-0.2, -0.15) is 21.6 Å². The fourth-order valence-electron chi connectivity index (χ4n) is 3.87. The number of amides is 1. The Morgan fingerprint density at radius 1 is 1.03 bits per heavy atom. The van der Waals surface area contributed by atoms with E-state index in [4.69, 9.17) is 0 Å². The molecule has 4 rings (SSSR count). The first-order valence-electron chi connectivity index (χ1n) is 11.4. The summed E-state index contributed by atoms with van der Waals surface area (Å²) in [4.78, 5) is 16.9. The lowest BCUT2D eigenvalue weighted by Gasteiger charge is -2.18. The number of hydrogen-bond donors (Lipinski definition) is 3. The van der Waals surface area contributed by atoms with Gasteiger partial charge in [-0.05, 0) is 52.9 Å². The van der Waals surface area contributed by atoms with Gasteiger partial charge < -0.3 is 10.6 Å². The molecule has 0 aliphatic carbocycles. The molecule has 1 aliphatic rings. The molecule has 0 saturated heterocycles. The van der Waals surface area contributed by atoms with Crippen LogP contribution in [0.1, 0.15) is 31.4 Å². The average molecular weight is 532 g/mol. The number of halogens is 3. The number of benzene rings is 3. The maximum Gasteiger partial charge on any atom is 0.418 e. The highest BCUT2D eigenvalue weighted by Gasteiger charge is 2.35. The summed E-state index contributed by atoms with van der Waals surface area (Å²) in [6.45, 7) is 4.08. The molecule has 3 aromatic rings. The minimum atomic E-state index is -4.63. The normalized spacial score (nSPS) is 14.0. The number of carbonyl (C=O) groups is 1. The molecule has 7 nitrogen and oxygen atoms in total. The molecule has 0 radical (unpaired) electrons. The van der Waals surface area contributed by atoms with Gasteiger partial charge in [0.1, 0.15) is 0 Å². The number of hydrogen-bond acceptors (Lipinski definition) is 5. The molecular formula is C26H24F3N3O4S. The molecule has 0 saturated carbocycles. The predicted octanol–water partition coefficient (Wildman–Crippen LogP) is 6.15. The van der Waals surface area contributed by atoms with Crippen molar-refractivity contribution in [2.45, 2.75) is 31.3 Å². The molecule has 3 N–H and O–H groups in total. The molecule has 0 bridgehead atoms. The Bertz CT molecular complexity index is 1480. The Labute approximate surface area is 212 Å². The lowest BCUT2D eigenvalue weighted by Crippen LogP contribution is -2.17. The highest BCUT2D eigenvalue weighted by Crippen LogP contribution is 2.42. The number of anilines is 2. The van der Waals surface area contributed by atoms with Crippen LogP contribution in [0.15, 0.2) is 70.6 Å². The van der Waals surface area contributed by atoms with E-state index >= 15 is 0 Å². The van der Waals surface area contributed by atoms with Crippen LogP contribution in [-0.2, 0) is 21.1 Å². The zero-order valence-corrected chi connectivity index (χ0v) is 20.7. The summed E-state index contributed by atoms with van der Waals surface area (Å²) in [5.74, 6) is -0.399. The molecule has 0 atom stereocenters. The Kier molecular flexibility index (Phi) is 7.11. The van der Waals surface area contributed by atoms with Crippen LogP contribution in [0.4, 0.5) is 30.2 Å². The van der Waals surface area contributed by atoms with Crippen LogP contribution < -0.4 is 10.6 Å². The Balaban J connectivity index is 1.76. The van der Waals surface area contributed by atoms with E-state index in [2.05, 4.69) is 15.6 Å². The summed E-state index contributed by atoms with van der Waals surface area (Å²) in [6.07, 6.45) is -4.78. The van der Waals surface area contributed by atoms with Crippen molar-refractivity contribution in [1.82, 2.24) is 0 Å². The van der Waals surface area contributed by atoms with Gasteiger partial charge in [0.05, 0.1) is 34.0 Å². The lowest BCUT2D eigenvalue weighted by atomic mass is 9.99. The zero-order valence-electron chi connectivity index (χ0n) is 19.9. The molecule has 11 heteroatoms. The number of nitrogens with zero attached hydrogens (tertiary/aromatic N) is 1. The predicted molar refractivity (Wildman–Crippen MR) is 136 cm³/mol. The summed E-state index contributed by atoms with van der Waals surface area (Å²) in [6, 6.07) is 14.8. The minimum Gasteiger partial charge on any atom is -0.384 e. The fraction of sp³-hybridized carbons (Fsp3) is 0.231. The van der Waals surface area contributed by atoms with Crippen LogP contribution in [-0.4, -0.2) is 31.1 Å². The average Bonchev–Trinajstić information content (AvgIpc) is 2.98. The number of carbonyl (C=O) groups excluding carboxylic acids is 1. The fourth-order valence-corrected chi connectivity index (χ4v) is 4.35. The van der Waals surface area contributed by atoms with Crippen LogP contribution in [0.25, 0.3) is 11.1 Å². The van der Waals surface area contributed by atoms with Crippen molar-refractivity contribution in [3.05, 3.63) is 71.8 Å². The van der Waals surface area contributed by atoms with Gasteiger partial charge >= 0.3 is 6.18 Å². The molecule has 194 valence electrons. The molecular weight excluding hydrogens is 507 g/mol. The Morgan fingerprint density at radius 3 is 2.32 bits per heavy atom. The topological polar surface area (TPSA) is 108 Å². The quantitative estimate of drug-likeness (QED) is 0.331. The monoisotopic (exact) mass is 531 g/mol. The third-order valence-corrected chi connectivity index (χ3v) is 6.55. The van der Waals surface area contributed by atoms with E-state index in [1.54, 1.807) is 24.3 Å². The van der Waals surface area contributed by atoms with Crippen molar-refractivity contribution in [3.63, 3.8) is 0 Å². The molecule has 0 unspecified atom stereocenters. The number of nitrogens with one attached hydrogen (secondary N) is 2. The molecule has 0 spiro atoms. The second-order valence-corrected chi connectivity index (χ2v) is 10.5. The largest absolute Gasteiger partial charge is 0.418 e. The smallest absolute Gasteiger partial charge is 0.384 e. The van der Waals surface area contributed by atoms with Crippen molar-refractivity contribution in [2.24, 2.45) is 10.9 Å². The molecule has 3 aromatic carbocycles. The number of alkyl halides is 3. The first-order valence-corrected chi connectivity index (χ1v) is 12.8. The van der Waals surface area contributed by atoms with Crippen molar-refractivity contribution in [1.29, 1.82) is 0 Å². The first kappa shape index (κ1) is 26.4. The lowest BCUT2D eigenvalue weighted by molar-refractivity contribution is -0.137. The highest BCUT2D eigenvalue weighted by molar-refractivity contribution is 7.85. The van der Waals surface area contributed by atoms with E-state index < -0.39 is 27.8 Å². The summed E-state index contributed by atoms with van der Waals surface area (Å²) in [7, 11) is -4.33. The second-order valence-electron chi connectivity index (χ2n) is 9.05. The van der Waals surface area contributed by atoms with Crippen LogP contribution in [0.3, 0.4) is 0 Å². The molecule has 37 heavy (non-hydrogen) atoms. The second kappa shape index (κ2) is 9.98. The van der Waals surface area contributed by atoms with Gasteiger partial charge in [-0.3, -0.25) is 14.3 Å². The Morgan fingerprint density at radius 2 is 1.70 bits per heavy atom. The molecule has 1 heterocycles. The highest BCUT2D eigenvalue weighted by atomic mass is 32.2. The van der Waals surface area contributed by atoms with Crippen molar-refractivity contribution in [2.75, 3.05) is 17.2 Å². The number of aliphatic imine (C=N–C) groups is 1. The third kappa shape index (κ3) is 6.17. The van der Waals surface area contributed by atoms with E-state index in [-0.39, 0.29) is 34.3 Å². The summed E-state index contributed by atoms with van der Waals surface area (Å²) in [5.41, 5.74) is 1.45. The first-order chi connectivity index (χ1) is 17.3. The van der Waals surface area contributed by atoms with Crippen molar-refractivity contribution >= 4 is 38.8 Å². The number of fused-ring (bicyclic) bond motifs is 1. The van der Waals surface area contributed by atoms with Crippen LogP contribution >= 0.6 is 0 Å². The summed E-state index contributed by atoms with van der Waals surface area (Å²) in [5, 5.41) is 5.37. The van der Waals surface area contributed by atoms with Crippen LogP contribution in [0.2, 0.25) is 0 Å². The maximum absolute atomic E-state index is 13.7. The van der Waals surface area contributed by atoms with Crippen molar-refractivity contribution in [3.8, 4) is 11.1 Å². The SMILES string of the molecule is CC(C)CNc1cc2c(cc1C(F)(F)F)NC(=O)CC(c1cccc(-c3ccc(S(=O)(=O)O)cc3)c1)=N2. The van der Waals surface area contributed by atoms with Gasteiger partial charge in [-0.25, -0.2) is 0 Å². The van der Waals surface area contributed by atoms with Crippen LogP contribution in [0.5, 0.6) is 0 Å². The van der Waals surface area contributed by atoms with Gasteiger partial charge in [0, 0.05) is 12.2 Å². The molecule has 0 aromatic heterocycles. The van der Waals surface area contributed by atoms with Gasteiger partial charge in [0.2, 0.25) is 5.91 Å². The summed E-state index contributed by atoms with van der Waals surface area (Å²) >= 11 is 0. The van der Waals surface area contributed by atoms with Crippen molar-refractivity contribution < 1.29 is 30.9 Å². The van der Waals surface area contributed by atoms with Crippen LogP contribution in [0, 0.1) is 5.92 Å². The maximum atomic E-state index is 13.7. The minimum absolute atomic E-state index is 0.0284. The third-order valence-electron chi connectivity index (χ3n) is 5.68. The van der Waals surface area contributed by atoms with Gasteiger partial charge in [-0.1, -0.05) is 44.2 Å². The van der Waals surface area contributed by atoms with E-state index in [0.29, 0.717) is 28.9 Å².